The van der Waals surface area contributed by atoms with Crippen LogP contribution in [0.2, 0.25) is 0 Å². The molecule has 0 aromatic heterocycles. The molecule has 0 saturated carbocycles. The van der Waals surface area contributed by atoms with Crippen molar-refractivity contribution in [3.8, 4) is 11.1 Å². The molecule has 0 saturated heterocycles. The lowest BCUT2D eigenvalue weighted by atomic mass is 9.92. The van der Waals surface area contributed by atoms with Gasteiger partial charge in [-0.05, 0) is 24.1 Å². The van der Waals surface area contributed by atoms with Crippen molar-refractivity contribution in [2.45, 2.75) is 40.5 Å². The molecule has 1 amide bonds. The second-order valence-corrected chi connectivity index (χ2v) is 4.72. The molecule has 2 aromatic rings. The smallest absolute Gasteiger partial charge is 0.234 e. The van der Waals surface area contributed by atoms with Crippen LogP contribution in [0.5, 0.6) is 0 Å². The predicted octanol–water partition coefficient (Wildman–Crippen LogP) is 5.49. The van der Waals surface area contributed by atoms with Crippen molar-refractivity contribution >= 4 is 11.6 Å². The number of fused-ring (bicyclic) bond motifs is 3. The zero-order chi connectivity index (χ0) is 16.7. The van der Waals surface area contributed by atoms with Crippen LogP contribution < -0.4 is 4.90 Å². The van der Waals surface area contributed by atoms with Crippen LogP contribution in [0.3, 0.4) is 0 Å². The summed E-state index contributed by atoms with van der Waals surface area (Å²) in [5.74, 6) is 0.0472. The second kappa shape index (κ2) is 8.38. The minimum Gasteiger partial charge on any atom is -0.314 e. The Kier molecular flexibility index (Phi) is 6.84. The predicted molar refractivity (Wildman–Crippen MR) is 96.4 cm³/mol. The fourth-order valence-corrected chi connectivity index (χ4v) is 2.66. The normalized spacial score (nSPS) is 15.3. The summed E-state index contributed by atoms with van der Waals surface area (Å²) in [5.41, 5.74) is 4.39. The van der Waals surface area contributed by atoms with Crippen LogP contribution in [0.15, 0.2) is 48.5 Å². The Bertz CT molecular complexity index is 565. The average Bonchev–Trinajstić information content (AvgIpc) is 2.70. The van der Waals surface area contributed by atoms with Gasteiger partial charge in [-0.25, -0.2) is 0 Å². The summed E-state index contributed by atoms with van der Waals surface area (Å²) >= 11 is 0. The third-order valence-electron chi connectivity index (χ3n) is 3.68. The summed E-state index contributed by atoms with van der Waals surface area (Å²) < 4.78 is 0. The highest BCUT2D eigenvalue weighted by Crippen LogP contribution is 2.39. The molecule has 3 rings (SSSR count). The third-order valence-corrected chi connectivity index (χ3v) is 3.68. The average molecular weight is 297 g/mol. The van der Waals surface area contributed by atoms with E-state index < -0.39 is 0 Å². The van der Waals surface area contributed by atoms with Gasteiger partial charge in [0.05, 0.1) is 11.6 Å². The Morgan fingerprint density at radius 2 is 1.32 bits per heavy atom. The van der Waals surface area contributed by atoms with Gasteiger partial charge in [0, 0.05) is 12.6 Å². The van der Waals surface area contributed by atoms with Crippen molar-refractivity contribution in [1.29, 1.82) is 0 Å². The molecule has 22 heavy (non-hydrogen) atoms. The molecule has 2 heteroatoms. The number of carbonyl (C=O) groups excluding carboxylic acids is 1. The molecule has 2 aromatic carbocycles. The maximum absolute atomic E-state index is 12.4. The third kappa shape index (κ3) is 3.22. The van der Waals surface area contributed by atoms with Crippen molar-refractivity contribution in [3.05, 3.63) is 54.1 Å². The van der Waals surface area contributed by atoms with Crippen molar-refractivity contribution in [2.75, 3.05) is 11.9 Å². The molecule has 0 spiro atoms. The van der Waals surface area contributed by atoms with E-state index in [4.69, 9.17) is 0 Å². The number of amides is 1. The van der Waals surface area contributed by atoms with Gasteiger partial charge in [-0.3, -0.25) is 4.79 Å². The van der Waals surface area contributed by atoms with E-state index in [0.29, 0.717) is 0 Å². The molecule has 1 aliphatic rings. The highest BCUT2D eigenvalue weighted by Gasteiger charge is 2.28. The summed E-state index contributed by atoms with van der Waals surface area (Å²) in [4.78, 5) is 14.2. The molecule has 0 N–H and O–H groups in total. The second-order valence-electron chi connectivity index (χ2n) is 4.72. The minimum atomic E-state index is -0.0985. The summed E-state index contributed by atoms with van der Waals surface area (Å²) in [5, 5.41) is 0. The SMILES string of the molecule is CC.CC.CC1C(=O)N(C)c2ccccc2-c2ccccc21. The summed E-state index contributed by atoms with van der Waals surface area (Å²) in [7, 11) is 1.85. The number of carbonyl (C=O) groups is 1. The van der Waals surface area contributed by atoms with Crippen LogP contribution in [0.1, 0.15) is 46.1 Å². The van der Waals surface area contributed by atoms with E-state index in [1.165, 1.54) is 5.56 Å². The number of hydrogen-bond donors (Lipinski definition) is 0. The number of rotatable bonds is 0. The van der Waals surface area contributed by atoms with E-state index in [0.717, 1.165) is 16.8 Å². The maximum atomic E-state index is 12.4. The molecule has 118 valence electrons. The number of likely N-dealkylation sites (N-methyl/N-ethyl adjacent to an activating group) is 1. The van der Waals surface area contributed by atoms with E-state index in [-0.39, 0.29) is 11.8 Å². The van der Waals surface area contributed by atoms with Gasteiger partial charge < -0.3 is 4.90 Å². The van der Waals surface area contributed by atoms with Crippen LogP contribution in [0.25, 0.3) is 11.1 Å². The van der Waals surface area contributed by atoms with Crippen LogP contribution in [0, 0.1) is 0 Å². The van der Waals surface area contributed by atoms with Gasteiger partial charge >= 0.3 is 0 Å². The van der Waals surface area contributed by atoms with Crippen LogP contribution in [-0.2, 0) is 4.79 Å². The molecular formula is C20H27NO. The van der Waals surface area contributed by atoms with E-state index >= 15 is 0 Å². The first kappa shape index (κ1) is 18.0. The van der Waals surface area contributed by atoms with Gasteiger partial charge in [-0.1, -0.05) is 70.2 Å². The number of benzene rings is 2. The fraction of sp³-hybridized carbons (Fsp3) is 0.350. The van der Waals surface area contributed by atoms with Gasteiger partial charge in [-0.2, -0.15) is 0 Å². The lowest BCUT2D eigenvalue weighted by Crippen LogP contribution is -2.29. The van der Waals surface area contributed by atoms with Crippen molar-refractivity contribution in [1.82, 2.24) is 0 Å². The first-order valence-electron chi connectivity index (χ1n) is 8.16. The molecule has 2 nitrogen and oxygen atoms in total. The lowest BCUT2D eigenvalue weighted by molar-refractivity contribution is -0.119. The fourth-order valence-electron chi connectivity index (χ4n) is 2.66. The minimum absolute atomic E-state index is 0.0985. The van der Waals surface area contributed by atoms with E-state index in [1.54, 1.807) is 4.90 Å². The van der Waals surface area contributed by atoms with Crippen molar-refractivity contribution in [3.63, 3.8) is 0 Å². The maximum Gasteiger partial charge on any atom is 0.234 e. The monoisotopic (exact) mass is 297 g/mol. The first-order chi connectivity index (χ1) is 10.7. The molecular weight excluding hydrogens is 270 g/mol. The van der Waals surface area contributed by atoms with E-state index in [1.807, 2.05) is 78.1 Å². The number of hydrogen-bond acceptors (Lipinski definition) is 1. The van der Waals surface area contributed by atoms with Crippen LogP contribution in [-0.4, -0.2) is 13.0 Å². The van der Waals surface area contributed by atoms with Crippen LogP contribution in [0.4, 0.5) is 5.69 Å². The van der Waals surface area contributed by atoms with E-state index in [2.05, 4.69) is 12.1 Å². The molecule has 1 heterocycles. The standard InChI is InChI=1S/C16H15NO.2C2H6/c1-11-12-7-3-4-8-13(12)14-9-5-6-10-15(14)17(2)16(11)18;2*1-2/h3-11H,1-2H3;2*1-2H3. The van der Waals surface area contributed by atoms with Gasteiger partial charge in [0.25, 0.3) is 0 Å². The van der Waals surface area contributed by atoms with Gasteiger partial charge in [0.15, 0.2) is 0 Å². The Balaban J connectivity index is 0.000000561. The first-order valence-corrected chi connectivity index (χ1v) is 8.16. The molecule has 1 unspecified atom stereocenters. The lowest BCUT2D eigenvalue weighted by Gasteiger charge is -2.19. The molecule has 0 radical (unpaired) electrons. The Hall–Kier alpha value is -2.09. The highest BCUT2D eigenvalue weighted by atomic mass is 16.2. The molecule has 0 bridgehead atoms. The Morgan fingerprint density at radius 1 is 0.818 bits per heavy atom. The van der Waals surface area contributed by atoms with Gasteiger partial charge in [0.2, 0.25) is 5.91 Å². The summed E-state index contributed by atoms with van der Waals surface area (Å²) in [6.07, 6.45) is 0. The topological polar surface area (TPSA) is 20.3 Å². The highest BCUT2D eigenvalue weighted by molar-refractivity contribution is 6.04. The number of para-hydroxylation sites is 1. The van der Waals surface area contributed by atoms with Gasteiger partial charge in [-0.15, -0.1) is 0 Å². The van der Waals surface area contributed by atoms with Crippen molar-refractivity contribution in [2.24, 2.45) is 0 Å². The Morgan fingerprint density at radius 3 is 1.95 bits per heavy atom. The molecule has 0 aliphatic carbocycles. The quantitative estimate of drug-likeness (QED) is 0.630. The molecule has 1 atom stereocenters. The molecule has 0 fully saturated rings. The van der Waals surface area contributed by atoms with E-state index in [9.17, 15) is 4.79 Å². The zero-order valence-electron chi connectivity index (χ0n) is 14.6. The largest absolute Gasteiger partial charge is 0.314 e. The van der Waals surface area contributed by atoms with Gasteiger partial charge in [0.1, 0.15) is 0 Å². The number of nitrogens with zero attached hydrogens (tertiary/aromatic N) is 1. The summed E-state index contributed by atoms with van der Waals surface area (Å²) in [6.45, 7) is 9.98. The number of anilines is 1. The van der Waals surface area contributed by atoms with Crippen LogP contribution >= 0.6 is 0 Å². The molecule has 1 aliphatic heterocycles. The summed E-state index contributed by atoms with van der Waals surface area (Å²) in [6, 6.07) is 16.2. The van der Waals surface area contributed by atoms with Crippen molar-refractivity contribution < 1.29 is 4.79 Å². The zero-order valence-corrected chi connectivity index (χ0v) is 14.6. The Labute approximate surface area is 134 Å².